The highest BCUT2D eigenvalue weighted by molar-refractivity contribution is 7.22. The summed E-state index contributed by atoms with van der Waals surface area (Å²) in [5.74, 6) is 1.54. The molecule has 1 saturated carbocycles. The molecule has 1 saturated heterocycles. The first kappa shape index (κ1) is 19.1. The van der Waals surface area contributed by atoms with Crippen molar-refractivity contribution >= 4 is 50.1 Å². The number of rotatable bonds is 5. The zero-order valence-corrected chi connectivity index (χ0v) is 17.2. The predicted octanol–water partition coefficient (Wildman–Crippen LogP) is 4.11. The fourth-order valence-electron chi connectivity index (χ4n) is 3.89. The summed E-state index contributed by atoms with van der Waals surface area (Å²) < 4.78 is 6.01. The minimum atomic E-state index is -0.307. The number of nitrogens with one attached hydrogen (secondary N) is 2. The molecule has 0 radical (unpaired) electrons. The summed E-state index contributed by atoms with van der Waals surface area (Å²) in [6, 6.07) is 11.9. The van der Waals surface area contributed by atoms with E-state index < -0.39 is 0 Å². The summed E-state index contributed by atoms with van der Waals surface area (Å²) in [7, 11) is 0. The topological polar surface area (TPSA) is 99.6 Å². The number of cyclic esters (lactones) is 1. The van der Waals surface area contributed by atoms with E-state index in [-0.39, 0.29) is 12.2 Å². The van der Waals surface area contributed by atoms with E-state index in [2.05, 4.69) is 20.6 Å². The number of thiazole rings is 1. The lowest BCUT2D eigenvalue weighted by Crippen LogP contribution is -2.28. The molecule has 30 heavy (non-hydrogen) atoms. The third kappa shape index (κ3) is 4.03. The summed E-state index contributed by atoms with van der Waals surface area (Å²) >= 11 is 1.52. The number of ether oxygens (including phenoxy) is 1. The minimum absolute atomic E-state index is 0.167. The molecule has 1 aliphatic heterocycles. The van der Waals surface area contributed by atoms with Gasteiger partial charge in [0.1, 0.15) is 18.2 Å². The van der Waals surface area contributed by atoms with Crippen molar-refractivity contribution in [2.45, 2.75) is 37.8 Å². The first-order valence-corrected chi connectivity index (χ1v) is 11.0. The van der Waals surface area contributed by atoms with Crippen molar-refractivity contribution in [2.75, 3.05) is 28.7 Å². The smallest absolute Gasteiger partial charge is 0.414 e. The number of benzene rings is 1. The molecule has 2 fully saturated rings. The van der Waals surface area contributed by atoms with Crippen molar-refractivity contribution < 1.29 is 14.6 Å². The fraction of sp³-hybridized carbons (Fsp3) is 0.381. The van der Waals surface area contributed by atoms with E-state index in [1.165, 1.54) is 11.3 Å². The van der Waals surface area contributed by atoms with Crippen LogP contribution in [-0.2, 0) is 4.74 Å². The van der Waals surface area contributed by atoms with Crippen LogP contribution in [0.2, 0.25) is 0 Å². The van der Waals surface area contributed by atoms with Crippen LogP contribution >= 0.6 is 11.3 Å². The molecule has 1 aliphatic carbocycles. The molecule has 0 bridgehead atoms. The summed E-state index contributed by atoms with van der Waals surface area (Å²) in [6.45, 7) is 0.988. The van der Waals surface area contributed by atoms with E-state index >= 15 is 0 Å². The van der Waals surface area contributed by atoms with Crippen LogP contribution < -0.4 is 15.5 Å². The Morgan fingerprint density at radius 2 is 1.93 bits per heavy atom. The molecule has 1 aromatic carbocycles. The average Bonchev–Trinajstić information content (AvgIpc) is 3.34. The molecule has 2 aliphatic rings. The average molecular weight is 426 g/mol. The van der Waals surface area contributed by atoms with Gasteiger partial charge < -0.3 is 20.5 Å². The zero-order chi connectivity index (χ0) is 20.5. The molecular formula is C21H23N5O3S. The third-order valence-electron chi connectivity index (χ3n) is 5.48. The van der Waals surface area contributed by atoms with E-state index in [1.807, 2.05) is 36.4 Å². The molecule has 156 valence electrons. The highest BCUT2D eigenvalue weighted by atomic mass is 32.1. The normalized spacial score (nSPS) is 21.6. The Hall–Kier alpha value is -2.91. The van der Waals surface area contributed by atoms with E-state index in [0.717, 1.165) is 58.4 Å². The monoisotopic (exact) mass is 425 g/mol. The number of hydrogen-bond acceptors (Lipinski definition) is 8. The maximum absolute atomic E-state index is 11.8. The van der Waals surface area contributed by atoms with Gasteiger partial charge in [0, 0.05) is 11.7 Å². The van der Waals surface area contributed by atoms with Gasteiger partial charge in [-0.05, 0) is 56.0 Å². The highest BCUT2D eigenvalue weighted by Gasteiger charge is 2.24. The van der Waals surface area contributed by atoms with E-state index in [0.29, 0.717) is 19.2 Å². The number of fused-ring (bicyclic) bond motifs is 1. The number of carbonyl (C=O) groups is 1. The van der Waals surface area contributed by atoms with Crippen LogP contribution in [-0.4, -0.2) is 46.5 Å². The van der Waals surface area contributed by atoms with E-state index in [4.69, 9.17) is 4.74 Å². The maximum Gasteiger partial charge on any atom is 0.414 e. The van der Waals surface area contributed by atoms with E-state index in [1.54, 1.807) is 4.90 Å². The van der Waals surface area contributed by atoms with E-state index in [9.17, 15) is 9.90 Å². The fourth-order valence-corrected chi connectivity index (χ4v) is 4.79. The second-order valence-electron chi connectivity index (χ2n) is 7.62. The lowest BCUT2D eigenvalue weighted by Gasteiger charge is -2.26. The van der Waals surface area contributed by atoms with Gasteiger partial charge in [0.15, 0.2) is 5.13 Å². The van der Waals surface area contributed by atoms with Crippen molar-refractivity contribution in [1.82, 2.24) is 9.97 Å². The van der Waals surface area contributed by atoms with Crippen LogP contribution in [0.5, 0.6) is 0 Å². The number of hydrogen-bond donors (Lipinski definition) is 3. The molecule has 2 aromatic heterocycles. The Morgan fingerprint density at radius 1 is 1.10 bits per heavy atom. The first-order chi connectivity index (χ1) is 14.6. The quantitative estimate of drug-likeness (QED) is 0.566. The summed E-state index contributed by atoms with van der Waals surface area (Å²) in [5.41, 5.74) is 1.69. The molecule has 0 spiro atoms. The van der Waals surface area contributed by atoms with Gasteiger partial charge in [-0.3, -0.25) is 4.90 Å². The summed E-state index contributed by atoms with van der Waals surface area (Å²) in [4.78, 5) is 22.7. The van der Waals surface area contributed by atoms with Gasteiger partial charge in [-0.25, -0.2) is 14.8 Å². The lowest BCUT2D eigenvalue weighted by molar-refractivity contribution is 0.126. The standard InChI is InChI=1S/C21H23N5O3S/c27-15-7-4-13(5-8-15)22-18-2-1-3-19(24-18)25-20-23-16-9-6-14(12-17(16)30-20)26-10-11-29-21(26)28/h1-3,6,9,12-13,15,27H,4-5,7-8,10-11H2,(H2,22,23,24,25). The summed E-state index contributed by atoms with van der Waals surface area (Å²) in [5, 5.41) is 17.2. The number of pyridine rings is 1. The van der Waals surface area contributed by atoms with Gasteiger partial charge >= 0.3 is 6.09 Å². The van der Waals surface area contributed by atoms with Gasteiger partial charge in [0.2, 0.25) is 0 Å². The molecule has 0 atom stereocenters. The minimum Gasteiger partial charge on any atom is -0.447 e. The number of aromatic nitrogens is 2. The number of aliphatic hydroxyl groups excluding tert-OH is 1. The molecule has 0 unspecified atom stereocenters. The molecule has 1 amide bonds. The SMILES string of the molecule is O=C1OCCN1c1ccc2nc(Nc3cccc(NC4CCC(O)CC4)n3)sc2c1. The highest BCUT2D eigenvalue weighted by Crippen LogP contribution is 2.32. The van der Waals surface area contributed by atoms with Gasteiger partial charge in [-0.15, -0.1) is 0 Å². The van der Waals surface area contributed by atoms with Crippen LogP contribution in [0.4, 0.5) is 27.2 Å². The zero-order valence-electron chi connectivity index (χ0n) is 16.4. The maximum atomic E-state index is 11.8. The number of carbonyl (C=O) groups excluding carboxylic acids is 1. The molecule has 3 heterocycles. The van der Waals surface area contributed by atoms with Crippen molar-refractivity contribution in [3.63, 3.8) is 0 Å². The number of anilines is 4. The Balaban J connectivity index is 1.30. The summed E-state index contributed by atoms with van der Waals surface area (Å²) in [6.07, 6.45) is 3.09. The number of amides is 1. The molecule has 3 N–H and O–H groups in total. The van der Waals surface area contributed by atoms with Crippen molar-refractivity contribution in [3.05, 3.63) is 36.4 Å². The number of nitrogens with zero attached hydrogens (tertiary/aromatic N) is 3. The van der Waals surface area contributed by atoms with Gasteiger partial charge in [-0.2, -0.15) is 0 Å². The molecule has 3 aromatic rings. The second kappa shape index (κ2) is 8.08. The van der Waals surface area contributed by atoms with Crippen LogP contribution in [0.25, 0.3) is 10.2 Å². The van der Waals surface area contributed by atoms with Crippen LogP contribution in [0, 0.1) is 0 Å². The lowest BCUT2D eigenvalue weighted by atomic mass is 9.93. The van der Waals surface area contributed by atoms with Gasteiger partial charge in [0.25, 0.3) is 0 Å². The molecule has 9 heteroatoms. The predicted molar refractivity (Wildman–Crippen MR) is 118 cm³/mol. The van der Waals surface area contributed by atoms with Gasteiger partial charge in [0.05, 0.1) is 22.9 Å². The molecule has 8 nitrogen and oxygen atoms in total. The Bertz CT molecular complexity index is 1060. The van der Waals surface area contributed by atoms with Crippen LogP contribution in [0.15, 0.2) is 36.4 Å². The third-order valence-corrected chi connectivity index (χ3v) is 6.41. The van der Waals surface area contributed by atoms with Crippen molar-refractivity contribution in [2.24, 2.45) is 0 Å². The Kier molecular flexibility index (Phi) is 5.14. The Morgan fingerprint density at radius 3 is 2.73 bits per heavy atom. The number of aliphatic hydroxyl groups is 1. The van der Waals surface area contributed by atoms with Crippen LogP contribution in [0.3, 0.4) is 0 Å². The van der Waals surface area contributed by atoms with Crippen molar-refractivity contribution in [1.29, 1.82) is 0 Å². The first-order valence-electron chi connectivity index (χ1n) is 10.2. The van der Waals surface area contributed by atoms with Gasteiger partial charge in [-0.1, -0.05) is 17.4 Å². The Labute approximate surface area is 177 Å². The molecule has 5 rings (SSSR count). The largest absolute Gasteiger partial charge is 0.447 e. The molecular weight excluding hydrogens is 402 g/mol. The second-order valence-corrected chi connectivity index (χ2v) is 8.65. The van der Waals surface area contributed by atoms with Crippen LogP contribution in [0.1, 0.15) is 25.7 Å². The van der Waals surface area contributed by atoms with Crippen molar-refractivity contribution in [3.8, 4) is 0 Å².